The maximum absolute atomic E-state index is 6.03. The van der Waals surface area contributed by atoms with Crippen LogP contribution in [0.25, 0.3) is 0 Å². The van der Waals surface area contributed by atoms with Crippen molar-refractivity contribution in [2.45, 2.75) is 70.3 Å². The lowest BCUT2D eigenvalue weighted by Gasteiger charge is -2.34. The summed E-state index contributed by atoms with van der Waals surface area (Å²) >= 11 is 0. The zero-order valence-electron chi connectivity index (χ0n) is 12.9. The van der Waals surface area contributed by atoms with E-state index in [-0.39, 0.29) is 11.0 Å². The van der Waals surface area contributed by atoms with Crippen molar-refractivity contribution in [1.29, 1.82) is 0 Å². The molecule has 0 spiro atoms. The van der Waals surface area contributed by atoms with Crippen LogP contribution in [0, 0.1) is 0 Å². The van der Waals surface area contributed by atoms with Gasteiger partial charge in [0.15, 0.2) is 0 Å². The zero-order chi connectivity index (χ0) is 14.6. The van der Waals surface area contributed by atoms with Gasteiger partial charge in [0.2, 0.25) is 11.7 Å². The molecule has 5 nitrogen and oxygen atoms in total. The second kappa shape index (κ2) is 6.22. The largest absolute Gasteiger partial charge is 0.367 e. The molecule has 0 aliphatic heterocycles. The normalized spacial score (nSPS) is 21.6. The summed E-state index contributed by atoms with van der Waals surface area (Å²) in [7, 11) is 0. The summed E-state index contributed by atoms with van der Waals surface area (Å²) in [6.07, 6.45) is 6.41. The Morgan fingerprint density at radius 1 is 1.30 bits per heavy atom. The van der Waals surface area contributed by atoms with Gasteiger partial charge in [0.05, 0.1) is 5.41 Å². The number of ether oxygens (including phenoxy) is 1. The summed E-state index contributed by atoms with van der Waals surface area (Å²) in [5.74, 6) is 1.35. The van der Waals surface area contributed by atoms with Crippen LogP contribution in [0.5, 0.6) is 0 Å². The number of rotatable bonds is 6. The van der Waals surface area contributed by atoms with Crippen LogP contribution in [0.15, 0.2) is 4.52 Å². The van der Waals surface area contributed by atoms with E-state index in [1.54, 1.807) is 0 Å². The van der Waals surface area contributed by atoms with Gasteiger partial charge >= 0.3 is 0 Å². The molecule has 1 saturated carbocycles. The monoisotopic (exact) mass is 281 g/mol. The van der Waals surface area contributed by atoms with Crippen LogP contribution in [-0.4, -0.2) is 23.3 Å². The van der Waals surface area contributed by atoms with E-state index in [1.165, 1.54) is 6.42 Å². The smallest absolute Gasteiger partial charge is 0.233 e. The van der Waals surface area contributed by atoms with E-state index in [4.69, 9.17) is 15.0 Å². The van der Waals surface area contributed by atoms with Crippen LogP contribution in [0.2, 0.25) is 0 Å². The second-order valence-electron chi connectivity index (χ2n) is 6.03. The molecule has 1 aromatic rings. The van der Waals surface area contributed by atoms with Crippen molar-refractivity contribution >= 4 is 0 Å². The summed E-state index contributed by atoms with van der Waals surface area (Å²) in [5.41, 5.74) is 5.28. The molecule has 0 amide bonds. The van der Waals surface area contributed by atoms with Crippen LogP contribution in [-0.2, 0) is 15.8 Å². The molecular formula is C15H27N3O2. The highest BCUT2D eigenvalue weighted by molar-refractivity contribution is 5.09. The molecule has 0 bridgehead atoms. The number of hydrogen-bond acceptors (Lipinski definition) is 5. The highest BCUT2D eigenvalue weighted by Gasteiger charge is 2.41. The van der Waals surface area contributed by atoms with Crippen LogP contribution >= 0.6 is 0 Å². The van der Waals surface area contributed by atoms with Gasteiger partial charge in [0.1, 0.15) is 5.60 Å². The number of aromatic nitrogens is 2. The first-order chi connectivity index (χ1) is 9.60. The third-order valence-electron chi connectivity index (χ3n) is 4.66. The quantitative estimate of drug-likeness (QED) is 0.867. The third-order valence-corrected chi connectivity index (χ3v) is 4.66. The standard InChI is InChI=1S/C15H27N3O2/c1-4-14(3,11-16)13-17-12(18-20-13)15(19-5-2)9-7-6-8-10-15/h4-11,16H2,1-3H3. The van der Waals surface area contributed by atoms with Gasteiger partial charge in [0, 0.05) is 13.2 Å². The fourth-order valence-electron chi connectivity index (χ4n) is 2.87. The van der Waals surface area contributed by atoms with E-state index in [0.29, 0.717) is 24.9 Å². The Labute approximate surface area is 121 Å². The molecule has 2 rings (SSSR count). The van der Waals surface area contributed by atoms with E-state index >= 15 is 0 Å². The molecule has 1 aliphatic carbocycles. The lowest BCUT2D eigenvalue weighted by molar-refractivity contribution is -0.0777. The van der Waals surface area contributed by atoms with E-state index in [2.05, 4.69) is 24.0 Å². The minimum atomic E-state index is -0.349. The molecular weight excluding hydrogens is 254 g/mol. The zero-order valence-corrected chi connectivity index (χ0v) is 12.9. The van der Waals surface area contributed by atoms with E-state index < -0.39 is 0 Å². The third kappa shape index (κ3) is 2.74. The predicted molar refractivity (Wildman–Crippen MR) is 77.4 cm³/mol. The average molecular weight is 281 g/mol. The molecule has 1 aromatic heterocycles. The van der Waals surface area contributed by atoms with E-state index in [1.807, 2.05) is 6.92 Å². The molecule has 0 aromatic carbocycles. The van der Waals surface area contributed by atoms with Gasteiger partial charge in [-0.1, -0.05) is 31.3 Å². The van der Waals surface area contributed by atoms with Crippen molar-refractivity contribution in [3.05, 3.63) is 11.7 Å². The molecule has 0 radical (unpaired) electrons. The fraction of sp³-hybridized carbons (Fsp3) is 0.867. The highest BCUT2D eigenvalue weighted by atomic mass is 16.5. The molecule has 0 saturated heterocycles. The van der Waals surface area contributed by atoms with Crippen molar-refractivity contribution in [2.24, 2.45) is 5.73 Å². The SMILES string of the molecule is CCOC1(c2noc(C(C)(CC)CN)n2)CCCCC1. The molecule has 2 N–H and O–H groups in total. The maximum atomic E-state index is 6.03. The van der Waals surface area contributed by atoms with Gasteiger partial charge < -0.3 is 15.0 Å². The maximum Gasteiger partial charge on any atom is 0.233 e. The van der Waals surface area contributed by atoms with Crippen LogP contribution in [0.3, 0.4) is 0 Å². The summed E-state index contributed by atoms with van der Waals surface area (Å²) < 4.78 is 11.5. The summed E-state index contributed by atoms with van der Waals surface area (Å²) in [4.78, 5) is 4.66. The lowest BCUT2D eigenvalue weighted by atomic mass is 9.83. The Bertz CT molecular complexity index is 415. The minimum absolute atomic E-state index is 0.243. The second-order valence-corrected chi connectivity index (χ2v) is 6.03. The molecule has 20 heavy (non-hydrogen) atoms. The first-order valence-electron chi connectivity index (χ1n) is 7.79. The molecule has 5 heteroatoms. The molecule has 1 atom stereocenters. The average Bonchev–Trinajstić information content (AvgIpc) is 2.99. The van der Waals surface area contributed by atoms with Gasteiger partial charge in [-0.15, -0.1) is 0 Å². The molecule has 1 unspecified atom stereocenters. The van der Waals surface area contributed by atoms with Crippen molar-refractivity contribution in [3.63, 3.8) is 0 Å². The number of hydrogen-bond donors (Lipinski definition) is 1. The number of nitrogens with two attached hydrogens (primary N) is 1. The van der Waals surface area contributed by atoms with Gasteiger partial charge in [0.25, 0.3) is 0 Å². The summed E-state index contributed by atoms with van der Waals surface area (Å²) in [6, 6.07) is 0. The topological polar surface area (TPSA) is 74.2 Å². The van der Waals surface area contributed by atoms with Gasteiger partial charge in [-0.3, -0.25) is 0 Å². The van der Waals surface area contributed by atoms with Crippen molar-refractivity contribution in [2.75, 3.05) is 13.2 Å². The van der Waals surface area contributed by atoms with Gasteiger partial charge in [-0.2, -0.15) is 4.98 Å². The predicted octanol–water partition coefficient (Wildman–Crippen LogP) is 2.89. The highest BCUT2D eigenvalue weighted by Crippen LogP contribution is 2.40. The Kier molecular flexibility index (Phi) is 4.81. The Morgan fingerprint density at radius 3 is 2.55 bits per heavy atom. The summed E-state index contributed by atoms with van der Waals surface area (Å²) in [5, 5.41) is 4.23. The minimum Gasteiger partial charge on any atom is -0.367 e. The summed E-state index contributed by atoms with van der Waals surface area (Å²) in [6.45, 7) is 7.36. The molecule has 114 valence electrons. The molecule has 1 aliphatic rings. The lowest BCUT2D eigenvalue weighted by Crippen LogP contribution is -2.35. The molecule has 1 fully saturated rings. The number of nitrogens with zero attached hydrogens (tertiary/aromatic N) is 2. The fourth-order valence-corrected chi connectivity index (χ4v) is 2.87. The Hall–Kier alpha value is -0.940. The van der Waals surface area contributed by atoms with E-state index in [0.717, 1.165) is 32.1 Å². The first kappa shape index (κ1) is 15.4. The van der Waals surface area contributed by atoms with Crippen LogP contribution in [0.1, 0.15) is 71.0 Å². The van der Waals surface area contributed by atoms with Crippen molar-refractivity contribution in [3.8, 4) is 0 Å². The first-order valence-corrected chi connectivity index (χ1v) is 7.79. The van der Waals surface area contributed by atoms with Crippen LogP contribution in [0.4, 0.5) is 0 Å². The Balaban J connectivity index is 2.29. The van der Waals surface area contributed by atoms with Gasteiger partial charge in [-0.05, 0) is 33.1 Å². The van der Waals surface area contributed by atoms with E-state index in [9.17, 15) is 0 Å². The molecule has 1 heterocycles. The Morgan fingerprint density at radius 2 is 2.00 bits per heavy atom. The van der Waals surface area contributed by atoms with Gasteiger partial charge in [-0.25, -0.2) is 0 Å². The van der Waals surface area contributed by atoms with Crippen molar-refractivity contribution < 1.29 is 9.26 Å². The van der Waals surface area contributed by atoms with Crippen LogP contribution < -0.4 is 5.73 Å². The van der Waals surface area contributed by atoms with Crippen molar-refractivity contribution in [1.82, 2.24) is 10.1 Å².